The zero-order valence-corrected chi connectivity index (χ0v) is 10.7. The Labute approximate surface area is 106 Å². The minimum Gasteiger partial charge on any atom is -0.481 e. The highest BCUT2D eigenvalue weighted by Gasteiger charge is 2.32. The average Bonchev–Trinajstić information content (AvgIpc) is 3.14. The summed E-state index contributed by atoms with van der Waals surface area (Å²) in [6.07, 6.45) is 2.20. The molecule has 0 bridgehead atoms. The van der Waals surface area contributed by atoms with Crippen LogP contribution >= 0.6 is 0 Å². The van der Waals surface area contributed by atoms with E-state index in [2.05, 4.69) is 0 Å². The van der Waals surface area contributed by atoms with Gasteiger partial charge in [-0.2, -0.15) is 0 Å². The SMILES string of the molecule is CN(C(=O)CN1CCOCC1CC(=O)O)C1CC1. The van der Waals surface area contributed by atoms with Gasteiger partial charge in [0, 0.05) is 25.7 Å². The van der Waals surface area contributed by atoms with Gasteiger partial charge in [-0.05, 0) is 12.8 Å². The molecular formula is C12H20N2O4. The van der Waals surface area contributed by atoms with Crippen molar-refractivity contribution < 1.29 is 19.4 Å². The summed E-state index contributed by atoms with van der Waals surface area (Å²) in [7, 11) is 1.83. The van der Waals surface area contributed by atoms with Crippen LogP contribution in [0.2, 0.25) is 0 Å². The molecule has 0 aromatic rings. The molecule has 18 heavy (non-hydrogen) atoms. The predicted molar refractivity (Wildman–Crippen MR) is 64.2 cm³/mol. The summed E-state index contributed by atoms with van der Waals surface area (Å²) < 4.78 is 5.29. The molecule has 1 unspecified atom stereocenters. The minimum atomic E-state index is -0.849. The monoisotopic (exact) mass is 256 g/mol. The number of hydrogen-bond acceptors (Lipinski definition) is 4. The number of nitrogens with zero attached hydrogens (tertiary/aromatic N) is 2. The van der Waals surface area contributed by atoms with Crippen molar-refractivity contribution in [1.82, 2.24) is 9.80 Å². The van der Waals surface area contributed by atoms with Crippen molar-refractivity contribution in [3.8, 4) is 0 Å². The zero-order valence-electron chi connectivity index (χ0n) is 10.7. The van der Waals surface area contributed by atoms with Gasteiger partial charge in [-0.15, -0.1) is 0 Å². The molecule has 1 amide bonds. The molecule has 2 rings (SSSR count). The first-order valence-electron chi connectivity index (χ1n) is 6.37. The smallest absolute Gasteiger partial charge is 0.305 e. The summed E-state index contributed by atoms with van der Waals surface area (Å²) in [6, 6.07) is 0.212. The zero-order chi connectivity index (χ0) is 13.1. The fraction of sp³-hybridized carbons (Fsp3) is 0.833. The molecule has 0 aromatic heterocycles. The van der Waals surface area contributed by atoms with E-state index in [1.54, 1.807) is 4.90 Å². The van der Waals surface area contributed by atoms with Crippen LogP contribution in [0.25, 0.3) is 0 Å². The summed E-state index contributed by atoms with van der Waals surface area (Å²) in [5.41, 5.74) is 0. The van der Waals surface area contributed by atoms with Gasteiger partial charge in [0.25, 0.3) is 0 Å². The van der Waals surface area contributed by atoms with Crippen molar-refractivity contribution in [3.63, 3.8) is 0 Å². The van der Waals surface area contributed by atoms with Crippen molar-refractivity contribution >= 4 is 11.9 Å². The van der Waals surface area contributed by atoms with E-state index < -0.39 is 5.97 Å². The molecule has 0 aromatic carbocycles. The van der Waals surface area contributed by atoms with Gasteiger partial charge in [0.2, 0.25) is 5.91 Å². The summed E-state index contributed by atoms with van der Waals surface area (Å²) in [4.78, 5) is 26.5. The highest BCUT2D eigenvalue weighted by atomic mass is 16.5. The summed E-state index contributed by atoms with van der Waals surface area (Å²) in [5.74, 6) is -0.770. The molecule has 1 atom stereocenters. The van der Waals surface area contributed by atoms with Gasteiger partial charge in [0.15, 0.2) is 0 Å². The number of carboxylic acid groups (broad SMARTS) is 1. The Bertz CT molecular complexity index is 330. The second-order valence-corrected chi connectivity index (χ2v) is 5.03. The second-order valence-electron chi connectivity index (χ2n) is 5.03. The number of carbonyl (C=O) groups excluding carboxylic acids is 1. The van der Waals surface area contributed by atoms with E-state index in [-0.39, 0.29) is 18.4 Å². The molecule has 1 heterocycles. The van der Waals surface area contributed by atoms with E-state index in [0.717, 1.165) is 12.8 Å². The molecule has 1 saturated carbocycles. The summed E-state index contributed by atoms with van der Waals surface area (Å²) in [5, 5.41) is 8.85. The Hall–Kier alpha value is -1.14. The summed E-state index contributed by atoms with van der Waals surface area (Å²) >= 11 is 0. The number of carbonyl (C=O) groups is 2. The highest BCUT2D eigenvalue weighted by molar-refractivity contribution is 5.78. The number of ether oxygens (including phenoxy) is 1. The van der Waals surface area contributed by atoms with Crippen LogP contribution < -0.4 is 0 Å². The first-order chi connectivity index (χ1) is 8.58. The number of amides is 1. The van der Waals surface area contributed by atoms with Gasteiger partial charge in [-0.25, -0.2) is 0 Å². The Kier molecular flexibility index (Phi) is 4.19. The second kappa shape index (κ2) is 5.67. The lowest BCUT2D eigenvalue weighted by Crippen LogP contribution is -2.50. The molecule has 1 saturated heterocycles. The van der Waals surface area contributed by atoms with E-state index in [4.69, 9.17) is 9.84 Å². The molecule has 6 nitrogen and oxygen atoms in total. The van der Waals surface area contributed by atoms with Crippen LogP contribution in [0.15, 0.2) is 0 Å². The van der Waals surface area contributed by atoms with Gasteiger partial charge in [-0.3, -0.25) is 14.5 Å². The molecule has 1 aliphatic carbocycles. The lowest BCUT2D eigenvalue weighted by Gasteiger charge is -2.35. The number of hydrogen-bond donors (Lipinski definition) is 1. The standard InChI is InChI=1S/C12H20N2O4/c1-13(9-2-3-9)11(15)7-14-4-5-18-8-10(14)6-12(16)17/h9-10H,2-8H2,1H3,(H,16,17). The number of likely N-dealkylation sites (N-methyl/N-ethyl adjacent to an activating group) is 1. The van der Waals surface area contributed by atoms with Crippen molar-refractivity contribution in [3.05, 3.63) is 0 Å². The van der Waals surface area contributed by atoms with Crippen LogP contribution in [0, 0.1) is 0 Å². The minimum absolute atomic E-state index is 0.0282. The van der Waals surface area contributed by atoms with E-state index >= 15 is 0 Å². The molecular weight excluding hydrogens is 236 g/mol. The largest absolute Gasteiger partial charge is 0.481 e. The molecule has 102 valence electrons. The highest BCUT2D eigenvalue weighted by Crippen LogP contribution is 2.25. The lowest BCUT2D eigenvalue weighted by molar-refractivity contribution is -0.143. The maximum atomic E-state index is 12.0. The van der Waals surface area contributed by atoms with Gasteiger partial charge in [-0.1, -0.05) is 0 Å². The number of aliphatic carboxylic acids is 1. The van der Waals surface area contributed by atoms with Crippen LogP contribution in [-0.2, 0) is 14.3 Å². The van der Waals surface area contributed by atoms with Crippen LogP contribution in [-0.4, -0.2) is 72.2 Å². The van der Waals surface area contributed by atoms with Gasteiger partial charge in [0.05, 0.1) is 26.2 Å². The molecule has 2 fully saturated rings. The topological polar surface area (TPSA) is 70.1 Å². The predicted octanol–water partition coefficient (Wildman–Crippen LogP) is -0.217. The Morgan fingerprint density at radius 3 is 2.78 bits per heavy atom. The van der Waals surface area contributed by atoms with Crippen LogP contribution in [0.3, 0.4) is 0 Å². The molecule has 1 N–H and O–H groups in total. The van der Waals surface area contributed by atoms with Gasteiger partial charge < -0.3 is 14.7 Å². The van der Waals surface area contributed by atoms with E-state index in [0.29, 0.717) is 32.3 Å². The maximum absolute atomic E-state index is 12.0. The fourth-order valence-electron chi connectivity index (χ4n) is 2.24. The Morgan fingerprint density at radius 1 is 1.44 bits per heavy atom. The lowest BCUT2D eigenvalue weighted by atomic mass is 10.1. The normalized spacial score (nSPS) is 24.8. The maximum Gasteiger partial charge on any atom is 0.305 e. The van der Waals surface area contributed by atoms with Crippen molar-refractivity contribution in [2.75, 3.05) is 33.4 Å². The van der Waals surface area contributed by atoms with Crippen molar-refractivity contribution in [2.45, 2.75) is 31.3 Å². The molecule has 0 radical (unpaired) electrons. The third-order valence-electron chi connectivity index (χ3n) is 3.59. The van der Waals surface area contributed by atoms with E-state index in [9.17, 15) is 9.59 Å². The number of morpholine rings is 1. The number of carboxylic acids is 1. The Balaban J connectivity index is 1.87. The van der Waals surface area contributed by atoms with Crippen molar-refractivity contribution in [1.29, 1.82) is 0 Å². The van der Waals surface area contributed by atoms with Crippen LogP contribution in [0.4, 0.5) is 0 Å². The van der Waals surface area contributed by atoms with Crippen LogP contribution in [0.1, 0.15) is 19.3 Å². The molecule has 2 aliphatic rings. The molecule has 0 spiro atoms. The molecule has 1 aliphatic heterocycles. The van der Waals surface area contributed by atoms with Gasteiger partial charge in [0.1, 0.15) is 0 Å². The van der Waals surface area contributed by atoms with Gasteiger partial charge >= 0.3 is 5.97 Å². The third-order valence-corrected chi connectivity index (χ3v) is 3.59. The quantitative estimate of drug-likeness (QED) is 0.736. The van der Waals surface area contributed by atoms with Crippen LogP contribution in [0.5, 0.6) is 0 Å². The number of rotatable bonds is 5. The van der Waals surface area contributed by atoms with E-state index in [1.165, 1.54) is 0 Å². The third kappa shape index (κ3) is 3.43. The first kappa shape index (κ1) is 13.3. The Morgan fingerprint density at radius 2 is 2.17 bits per heavy atom. The van der Waals surface area contributed by atoms with E-state index in [1.807, 2.05) is 11.9 Å². The fourth-order valence-corrected chi connectivity index (χ4v) is 2.24. The summed E-state index contributed by atoms with van der Waals surface area (Å²) in [6.45, 7) is 1.89. The van der Waals surface area contributed by atoms with Crippen molar-refractivity contribution in [2.24, 2.45) is 0 Å². The molecule has 6 heteroatoms. The first-order valence-corrected chi connectivity index (χ1v) is 6.37. The average molecular weight is 256 g/mol.